The number of nitrogens with one attached hydrogen (secondary N) is 1. The molecular weight excluding hydrogens is 228 g/mol. The van der Waals surface area contributed by atoms with Gasteiger partial charge < -0.3 is 16.4 Å². The molecule has 0 heterocycles. The summed E-state index contributed by atoms with van der Waals surface area (Å²) < 4.78 is 0. The molecule has 0 aliphatic heterocycles. The number of nitrogens with zero attached hydrogens (tertiary/aromatic N) is 1. The Hall–Kier alpha value is -1.83. The summed E-state index contributed by atoms with van der Waals surface area (Å²) in [6.07, 6.45) is 0.907. The smallest absolute Gasteiger partial charge is 0.370 e. The van der Waals surface area contributed by atoms with Gasteiger partial charge in [-0.1, -0.05) is 0 Å². The predicted octanol–water partition coefficient (Wildman–Crippen LogP) is -1.06. The second-order valence-electron chi connectivity index (χ2n) is 3.53. The van der Waals surface area contributed by atoms with Gasteiger partial charge >= 0.3 is 11.9 Å². The minimum Gasteiger partial charge on any atom is -0.370 e. The Labute approximate surface area is 99.3 Å². The Balaban J connectivity index is 3.78. The predicted molar refractivity (Wildman–Crippen MR) is 59.6 cm³/mol. The van der Waals surface area contributed by atoms with Crippen LogP contribution in [0.4, 0.5) is 0 Å². The van der Waals surface area contributed by atoms with Crippen LogP contribution >= 0.6 is 0 Å². The molecule has 0 aromatic carbocycles. The quantitative estimate of drug-likeness (QED) is 0.244. The molecule has 8 nitrogen and oxygen atoms in total. The summed E-state index contributed by atoms with van der Waals surface area (Å²) in [4.78, 5) is 31.3. The Morgan fingerprint density at radius 1 is 1.41 bits per heavy atom. The van der Waals surface area contributed by atoms with Gasteiger partial charge in [-0.25, -0.2) is 19.4 Å². The fourth-order valence-corrected chi connectivity index (χ4v) is 0.948. The summed E-state index contributed by atoms with van der Waals surface area (Å²) >= 11 is 0. The zero-order valence-electron chi connectivity index (χ0n) is 9.93. The van der Waals surface area contributed by atoms with E-state index in [9.17, 15) is 9.59 Å². The standard InChI is InChI=1S/C9H18N4O4/c1-6(14)16-17-8(15)7(10)4-3-5-13(2)9(11)12/h7H,3-5,10H2,1-2H3,(H3,11,12)/t7-/m0/s1. The molecule has 5 N–H and O–H groups in total. The first-order valence-electron chi connectivity index (χ1n) is 5.04. The molecule has 0 saturated carbocycles. The Bertz CT molecular complexity index is 295. The number of carbonyl (C=O) groups is 2. The number of nitrogens with two attached hydrogens (primary N) is 2. The molecule has 17 heavy (non-hydrogen) atoms. The third kappa shape index (κ3) is 7.12. The van der Waals surface area contributed by atoms with Crippen LogP contribution in [-0.2, 0) is 19.4 Å². The summed E-state index contributed by atoms with van der Waals surface area (Å²) in [6.45, 7) is 1.62. The van der Waals surface area contributed by atoms with Crippen molar-refractivity contribution in [3.63, 3.8) is 0 Å². The van der Waals surface area contributed by atoms with Gasteiger partial charge in [0.1, 0.15) is 6.04 Å². The molecular formula is C9H18N4O4. The van der Waals surface area contributed by atoms with E-state index in [2.05, 4.69) is 9.78 Å². The van der Waals surface area contributed by atoms with Gasteiger partial charge in [0.25, 0.3) is 0 Å². The fourth-order valence-electron chi connectivity index (χ4n) is 0.948. The van der Waals surface area contributed by atoms with Crippen LogP contribution in [0.5, 0.6) is 0 Å². The fraction of sp³-hybridized carbons (Fsp3) is 0.667. The van der Waals surface area contributed by atoms with Gasteiger partial charge in [0.05, 0.1) is 0 Å². The first-order chi connectivity index (χ1) is 7.84. The summed E-state index contributed by atoms with van der Waals surface area (Å²) in [5.74, 6) is -1.58. The zero-order chi connectivity index (χ0) is 13.4. The van der Waals surface area contributed by atoms with Gasteiger partial charge in [0.2, 0.25) is 0 Å². The van der Waals surface area contributed by atoms with E-state index >= 15 is 0 Å². The number of carbonyl (C=O) groups excluding carboxylic acids is 2. The van der Waals surface area contributed by atoms with Crippen molar-refractivity contribution in [2.45, 2.75) is 25.8 Å². The minimum absolute atomic E-state index is 0.0546. The SMILES string of the molecule is CC(=O)OOC(=O)[C@@H](N)CCCN(C)C(=N)N. The minimum atomic E-state index is -0.866. The summed E-state index contributed by atoms with van der Waals surface area (Å²) in [5, 5.41) is 7.11. The molecule has 0 aliphatic carbocycles. The van der Waals surface area contributed by atoms with E-state index in [0.717, 1.165) is 6.92 Å². The highest BCUT2D eigenvalue weighted by Crippen LogP contribution is 1.99. The van der Waals surface area contributed by atoms with E-state index in [4.69, 9.17) is 16.9 Å². The molecule has 0 saturated heterocycles. The van der Waals surface area contributed by atoms with Crippen molar-refractivity contribution in [2.75, 3.05) is 13.6 Å². The van der Waals surface area contributed by atoms with Crippen LogP contribution in [0.15, 0.2) is 0 Å². The Kier molecular flexibility index (Phi) is 6.64. The molecule has 0 fully saturated rings. The lowest BCUT2D eigenvalue weighted by Crippen LogP contribution is -2.36. The number of rotatable bonds is 5. The maximum absolute atomic E-state index is 11.2. The van der Waals surface area contributed by atoms with Crippen molar-refractivity contribution in [2.24, 2.45) is 11.5 Å². The lowest BCUT2D eigenvalue weighted by molar-refractivity contribution is -0.258. The maximum Gasteiger partial charge on any atom is 0.372 e. The lowest BCUT2D eigenvalue weighted by atomic mass is 10.1. The summed E-state index contributed by atoms with van der Waals surface area (Å²) in [6, 6.07) is -0.866. The van der Waals surface area contributed by atoms with Gasteiger partial charge in [-0.3, -0.25) is 5.41 Å². The largest absolute Gasteiger partial charge is 0.372 e. The van der Waals surface area contributed by atoms with Crippen LogP contribution in [0.3, 0.4) is 0 Å². The topological polar surface area (TPSA) is 132 Å². The third-order valence-corrected chi connectivity index (χ3v) is 1.96. The third-order valence-electron chi connectivity index (χ3n) is 1.96. The van der Waals surface area contributed by atoms with E-state index in [-0.39, 0.29) is 5.96 Å². The van der Waals surface area contributed by atoms with Crippen LogP contribution in [-0.4, -0.2) is 42.4 Å². The van der Waals surface area contributed by atoms with Crippen LogP contribution in [0.2, 0.25) is 0 Å². The van der Waals surface area contributed by atoms with E-state index in [1.807, 2.05) is 0 Å². The summed E-state index contributed by atoms with van der Waals surface area (Å²) in [7, 11) is 1.66. The summed E-state index contributed by atoms with van der Waals surface area (Å²) in [5.41, 5.74) is 10.7. The van der Waals surface area contributed by atoms with E-state index in [1.165, 1.54) is 4.90 Å². The Morgan fingerprint density at radius 2 is 2.00 bits per heavy atom. The molecule has 0 aromatic rings. The number of hydrogen-bond acceptors (Lipinski definition) is 6. The lowest BCUT2D eigenvalue weighted by Gasteiger charge is -2.17. The van der Waals surface area contributed by atoms with Crippen molar-refractivity contribution in [1.29, 1.82) is 5.41 Å². The second kappa shape index (κ2) is 7.44. The zero-order valence-corrected chi connectivity index (χ0v) is 9.93. The van der Waals surface area contributed by atoms with Gasteiger partial charge in [0, 0.05) is 20.5 Å². The van der Waals surface area contributed by atoms with Gasteiger partial charge in [0.15, 0.2) is 5.96 Å². The molecule has 0 aromatic heterocycles. The number of hydrogen-bond donors (Lipinski definition) is 3. The molecule has 0 unspecified atom stereocenters. The van der Waals surface area contributed by atoms with Crippen LogP contribution in [0, 0.1) is 5.41 Å². The van der Waals surface area contributed by atoms with Crippen molar-refractivity contribution < 1.29 is 19.4 Å². The van der Waals surface area contributed by atoms with Gasteiger partial charge in [-0.2, -0.15) is 0 Å². The Morgan fingerprint density at radius 3 is 2.47 bits per heavy atom. The first-order valence-corrected chi connectivity index (χ1v) is 5.04. The molecule has 0 spiro atoms. The normalized spacial score (nSPS) is 11.5. The molecule has 0 radical (unpaired) electrons. The average molecular weight is 246 g/mol. The second-order valence-corrected chi connectivity index (χ2v) is 3.53. The van der Waals surface area contributed by atoms with Crippen molar-refractivity contribution in [3.8, 4) is 0 Å². The maximum atomic E-state index is 11.2. The molecule has 0 aliphatic rings. The van der Waals surface area contributed by atoms with Gasteiger partial charge in [-0.15, -0.1) is 0 Å². The molecule has 1 atom stereocenters. The van der Waals surface area contributed by atoms with E-state index < -0.39 is 18.0 Å². The molecule has 0 rings (SSSR count). The first kappa shape index (κ1) is 15.2. The van der Waals surface area contributed by atoms with Gasteiger partial charge in [-0.05, 0) is 12.8 Å². The van der Waals surface area contributed by atoms with Crippen molar-refractivity contribution >= 4 is 17.9 Å². The highest BCUT2D eigenvalue weighted by molar-refractivity contribution is 5.76. The number of guanidine groups is 1. The van der Waals surface area contributed by atoms with Crippen LogP contribution in [0.25, 0.3) is 0 Å². The average Bonchev–Trinajstić information content (AvgIpc) is 2.25. The molecule has 8 heteroatoms. The monoisotopic (exact) mass is 246 g/mol. The van der Waals surface area contributed by atoms with Crippen molar-refractivity contribution in [1.82, 2.24) is 4.90 Å². The molecule has 98 valence electrons. The van der Waals surface area contributed by atoms with Crippen LogP contribution < -0.4 is 11.5 Å². The van der Waals surface area contributed by atoms with E-state index in [1.54, 1.807) is 7.05 Å². The molecule has 0 amide bonds. The van der Waals surface area contributed by atoms with Crippen LogP contribution in [0.1, 0.15) is 19.8 Å². The van der Waals surface area contributed by atoms with Crippen molar-refractivity contribution in [3.05, 3.63) is 0 Å². The highest BCUT2D eigenvalue weighted by atomic mass is 17.2. The van der Waals surface area contributed by atoms with E-state index in [0.29, 0.717) is 19.4 Å². The highest BCUT2D eigenvalue weighted by Gasteiger charge is 2.17. The molecule has 0 bridgehead atoms.